The topological polar surface area (TPSA) is 106 Å². The summed E-state index contributed by atoms with van der Waals surface area (Å²) in [6.07, 6.45) is 3.19. The van der Waals surface area contributed by atoms with Crippen LogP contribution in [0.1, 0.15) is 43.3 Å². The van der Waals surface area contributed by atoms with Gasteiger partial charge in [0.15, 0.2) is 0 Å². The Hall–Kier alpha value is -3.23. The lowest BCUT2D eigenvalue weighted by molar-refractivity contribution is 0.0181. The Bertz CT molecular complexity index is 814. The molecule has 2 amide bonds. The number of pyridine rings is 1. The largest absolute Gasteiger partial charge is 0.465 e. The minimum atomic E-state index is -0.535. The maximum atomic E-state index is 12.7. The maximum absolute atomic E-state index is 12.7. The third kappa shape index (κ3) is 3.08. The van der Waals surface area contributed by atoms with Gasteiger partial charge in [-0.3, -0.25) is 14.6 Å². The summed E-state index contributed by atoms with van der Waals surface area (Å²) in [5.74, 6) is -1.31. The second kappa shape index (κ2) is 6.71. The smallest absolute Gasteiger partial charge is 0.339 e. The first-order chi connectivity index (χ1) is 12.0. The van der Waals surface area contributed by atoms with E-state index in [0.29, 0.717) is 30.8 Å². The van der Waals surface area contributed by atoms with Crippen LogP contribution in [-0.4, -0.2) is 58.1 Å². The number of ether oxygens (including phenoxy) is 1. The number of rotatable bonds is 3. The van der Waals surface area contributed by atoms with Gasteiger partial charge in [-0.25, -0.2) is 14.8 Å². The molecule has 0 aliphatic carbocycles. The van der Waals surface area contributed by atoms with Gasteiger partial charge in [0, 0.05) is 19.3 Å². The minimum absolute atomic E-state index is 0.134. The highest BCUT2D eigenvalue weighted by atomic mass is 16.5. The van der Waals surface area contributed by atoms with E-state index in [1.807, 2.05) is 0 Å². The second-order valence-electron chi connectivity index (χ2n) is 5.45. The van der Waals surface area contributed by atoms with Crippen molar-refractivity contribution in [3.63, 3.8) is 0 Å². The average Bonchev–Trinajstić information content (AvgIpc) is 3.29. The zero-order valence-corrected chi connectivity index (χ0v) is 13.8. The molecule has 3 rings (SSSR count). The minimum Gasteiger partial charge on any atom is -0.465 e. The quantitative estimate of drug-likeness (QED) is 0.767. The Morgan fingerprint density at radius 1 is 1.16 bits per heavy atom. The van der Waals surface area contributed by atoms with Gasteiger partial charge in [-0.15, -0.1) is 0 Å². The average molecular weight is 344 g/mol. The van der Waals surface area contributed by atoms with E-state index < -0.39 is 11.9 Å². The van der Waals surface area contributed by atoms with Crippen molar-refractivity contribution < 1.29 is 23.6 Å². The van der Waals surface area contributed by atoms with E-state index in [9.17, 15) is 14.4 Å². The first-order valence-electron chi connectivity index (χ1n) is 7.62. The summed E-state index contributed by atoms with van der Waals surface area (Å²) in [5, 5.41) is 6.39. The molecule has 0 N–H and O–H groups in total. The number of aryl methyl sites for hydroxylation is 1. The van der Waals surface area contributed by atoms with Gasteiger partial charge < -0.3 is 9.26 Å². The first kappa shape index (κ1) is 16.6. The van der Waals surface area contributed by atoms with Gasteiger partial charge in [0.1, 0.15) is 17.5 Å². The van der Waals surface area contributed by atoms with Gasteiger partial charge in [0.2, 0.25) is 0 Å². The van der Waals surface area contributed by atoms with Gasteiger partial charge in [0.05, 0.1) is 18.4 Å². The molecule has 9 nitrogen and oxygen atoms in total. The second-order valence-corrected chi connectivity index (χ2v) is 5.45. The van der Waals surface area contributed by atoms with Crippen molar-refractivity contribution in [2.75, 3.05) is 20.2 Å². The van der Waals surface area contributed by atoms with Crippen molar-refractivity contribution in [1.29, 1.82) is 0 Å². The lowest BCUT2D eigenvalue weighted by Gasteiger charge is -2.27. The van der Waals surface area contributed by atoms with Crippen LogP contribution in [-0.2, 0) is 4.74 Å². The van der Waals surface area contributed by atoms with Crippen LogP contribution in [0.25, 0.3) is 0 Å². The van der Waals surface area contributed by atoms with Gasteiger partial charge in [-0.1, -0.05) is 5.16 Å². The van der Waals surface area contributed by atoms with Gasteiger partial charge >= 0.3 is 5.97 Å². The molecule has 1 fully saturated rings. The van der Waals surface area contributed by atoms with Crippen molar-refractivity contribution in [2.45, 2.75) is 13.3 Å². The van der Waals surface area contributed by atoms with Crippen LogP contribution >= 0.6 is 0 Å². The number of esters is 1. The molecule has 0 unspecified atom stereocenters. The molecule has 25 heavy (non-hydrogen) atoms. The Kier molecular flexibility index (Phi) is 4.46. The van der Waals surface area contributed by atoms with E-state index in [-0.39, 0.29) is 17.2 Å². The third-order valence-corrected chi connectivity index (χ3v) is 3.88. The SMILES string of the molecule is COC(=O)c1ccc(C(=O)N2CCCN2C(=O)c2conc2C)nc1. The van der Waals surface area contributed by atoms with Gasteiger partial charge in [0.25, 0.3) is 11.8 Å². The first-order valence-corrected chi connectivity index (χ1v) is 7.62. The van der Waals surface area contributed by atoms with Crippen LogP contribution in [0.2, 0.25) is 0 Å². The molecule has 130 valence electrons. The molecule has 0 aromatic carbocycles. The van der Waals surface area contributed by atoms with E-state index in [4.69, 9.17) is 4.52 Å². The van der Waals surface area contributed by atoms with Crippen LogP contribution in [0.3, 0.4) is 0 Å². The number of amides is 2. The van der Waals surface area contributed by atoms with E-state index in [0.717, 1.165) is 0 Å². The molecule has 0 radical (unpaired) electrons. The lowest BCUT2D eigenvalue weighted by atomic mass is 10.2. The fraction of sp³-hybridized carbons (Fsp3) is 0.312. The number of carbonyl (C=O) groups excluding carboxylic acids is 3. The third-order valence-electron chi connectivity index (χ3n) is 3.88. The van der Waals surface area contributed by atoms with Crippen molar-refractivity contribution in [1.82, 2.24) is 20.2 Å². The van der Waals surface area contributed by atoms with Crippen LogP contribution < -0.4 is 0 Å². The molecular weight excluding hydrogens is 328 g/mol. The van der Waals surface area contributed by atoms with Crippen LogP contribution in [0, 0.1) is 6.92 Å². The zero-order chi connectivity index (χ0) is 18.0. The Labute approximate surface area is 143 Å². The molecule has 1 aliphatic rings. The number of methoxy groups -OCH3 is 1. The monoisotopic (exact) mass is 344 g/mol. The molecule has 0 spiro atoms. The summed E-state index contributed by atoms with van der Waals surface area (Å²) in [5.41, 5.74) is 1.15. The molecule has 3 heterocycles. The summed E-state index contributed by atoms with van der Waals surface area (Å²) >= 11 is 0. The number of nitrogens with zero attached hydrogens (tertiary/aromatic N) is 4. The molecule has 0 atom stereocenters. The van der Waals surface area contributed by atoms with E-state index in [2.05, 4.69) is 14.9 Å². The summed E-state index contributed by atoms with van der Waals surface area (Å²) in [4.78, 5) is 40.7. The number of hydrogen-bond donors (Lipinski definition) is 0. The van der Waals surface area contributed by atoms with Crippen molar-refractivity contribution >= 4 is 17.8 Å². The van der Waals surface area contributed by atoms with Crippen molar-refractivity contribution in [2.24, 2.45) is 0 Å². The van der Waals surface area contributed by atoms with Gasteiger partial charge in [-0.2, -0.15) is 0 Å². The Morgan fingerprint density at radius 2 is 1.88 bits per heavy atom. The Morgan fingerprint density at radius 3 is 2.44 bits per heavy atom. The van der Waals surface area contributed by atoms with E-state index in [1.165, 1.54) is 41.7 Å². The zero-order valence-electron chi connectivity index (χ0n) is 13.8. The van der Waals surface area contributed by atoms with Crippen LogP contribution in [0.15, 0.2) is 29.1 Å². The van der Waals surface area contributed by atoms with Crippen LogP contribution in [0.5, 0.6) is 0 Å². The lowest BCUT2D eigenvalue weighted by Crippen LogP contribution is -2.45. The standard InChI is InChI=1S/C16H16N4O5/c1-10-12(9-25-18-10)14(21)19-6-3-7-20(19)15(22)13-5-4-11(8-17-13)16(23)24-2/h4-5,8-9H,3,6-7H2,1-2H3. The van der Waals surface area contributed by atoms with Crippen molar-refractivity contribution in [3.8, 4) is 0 Å². The molecule has 1 saturated heterocycles. The molecule has 0 saturated carbocycles. The number of aromatic nitrogens is 2. The molecule has 2 aromatic heterocycles. The van der Waals surface area contributed by atoms with E-state index in [1.54, 1.807) is 6.92 Å². The normalized spacial score (nSPS) is 13.8. The summed E-state index contributed by atoms with van der Waals surface area (Å²) in [6.45, 7) is 2.47. The Balaban J connectivity index is 1.80. The highest BCUT2D eigenvalue weighted by Crippen LogP contribution is 2.19. The maximum Gasteiger partial charge on any atom is 0.339 e. The molecule has 1 aliphatic heterocycles. The fourth-order valence-corrected chi connectivity index (χ4v) is 2.56. The van der Waals surface area contributed by atoms with Crippen LogP contribution in [0.4, 0.5) is 0 Å². The van der Waals surface area contributed by atoms with E-state index >= 15 is 0 Å². The number of carbonyl (C=O) groups is 3. The summed E-state index contributed by atoms with van der Waals surface area (Å²) < 4.78 is 9.39. The predicted molar refractivity (Wildman–Crippen MR) is 83.5 cm³/mol. The molecule has 2 aromatic rings. The highest BCUT2D eigenvalue weighted by molar-refractivity contribution is 5.99. The predicted octanol–water partition coefficient (Wildman–Crippen LogP) is 1.07. The number of hydrazine groups is 1. The highest BCUT2D eigenvalue weighted by Gasteiger charge is 2.33. The number of hydrogen-bond acceptors (Lipinski definition) is 7. The summed E-state index contributed by atoms with van der Waals surface area (Å²) in [7, 11) is 1.27. The summed E-state index contributed by atoms with van der Waals surface area (Å²) in [6, 6.07) is 2.89. The van der Waals surface area contributed by atoms with Gasteiger partial charge in [-0.05, 0) is 25.5 Å². The molecule has 9 heteroatoms. The fourth-order valence-electron chi connectivity index (χ4n) is 2.56. The molecular formula is C16H16N4O5. The van der Waals surface area contributed by atoms with Crippen molar-refractivity contribution in [3.05, 3.63) is 47.1 Å². The molecule has 0 bridgehead atoms.